The Bertz CT molecular complexity index is 664. The summed E-state index contributed by atoms with van der Waals surface area (Å²) in [5.41, 5.74) is 0.470. The predicted molar refractivity (Wildman–Crippen MR) is 108 cm³/mol. The molecule has 2 saturated heterocycles. The van der Waals surface area contributed by atoms with Gasteiger partial charge in [-0.25, -0.2) is 4.39 Å². The van der Waals surface area contributed by atoms with Crippen LogP contribution in [0.15, 0.2) is 24.3 Å². The van der Waals surface area contributed by atoms with Crippen LogP contribution in [0, 0.1) is 11.7 Å². The van der Waals surface area contributed by atoms with Gasteiger partial charge in [-0.05, 0) is 69.8 Å². The molecule has 0 bridgehead atoms. The molecule has 1 N–H and O–H groups in total. The first-order valence-electron chi connectivity index (χ1n) is 10.6. The number of carbonyl (C=O) groups excluding carboxylic acids is 2. The van der Waals surface area contributed by atoms with E-state index in [0.29, 0.717) is 31.2 Å². The van der Waals surface area contributed by atoms with Crippen LogP contribution in [0.1, 0.15) is 55.8 Å². The Balaban J connectivity index is 1.42. The lowest BCUT2D eigenvalue weighted by Crippen LogP contribution is -2.46. The summed E-state index contributed by atoms with van der Waals surface area (Å²) in [6.45, 7) is 6.24. The van der Waals surface area contributed by atoms with Crippen molar-refractivity contribution in [3.8, 4) is 0 Å². The standard InChI is InChI=1S/C22H32FN3O2/c1-17-6-2-3-13-25(17)15-5-12-24-21(27)19-7-4-14-26(16-19)22(28)18-8-10-20(23)11-9-18/h8-11,17,19H,2-7,12-16H2,1H3,(H,24,27). The number of halogens is 1. The van der Waals surface area contributed by atoms with Gasteiger partial charge in [0.05, 0.1) is 5.92 Å². The van der Waals surface area contributed by atoms with Gasteiger partial charge in [0.15, 0.2) is 0 Å². The Morgan fingerprint density at radius 1 is 1.11 bits per heavy atom. The molecule has 0 aliphatic carbocycles. The first-order chi connectivity index (χ1) is 13.5. The Morgan fingerprint density at radius 3 is 2.64 bits per heavy atom. The fraction of sp³-hybridized carbons (Fsp3) is 0.636. The number of amides is 2. The van der Waals surface area contributed by atoms with E-state index >= 15 is 0 Å². The highest BCUT2D eigenvalue weighted by atomic mass is 19.1. The van der Waals surface area contributed by atoms with E-state index in [0.717, 1.165) is 32.4 Å². The number of rotatable bonds is 6. The molecule has 2 heterocycles. The maximum absolute atomic E-state index is 13.1. The van der Waals surface area contributed by atoms with E-state index < -0.39 is 0 Å². The first kappa shape index (κ1) is 20.8. The predicted octanol–water partition coefficient (Wildman–Crippen LogP) is 3.06. The lowest BCUT2D eigenvalue weighted by Gasteiger charge is -2.33. The first-order valence-corrected chi connectivity index (χ1v) is 10.6. The summed E-state index contributed by atoms with van der Waals surface area (Å²) in [4.78, 5) is 29.4. The zero-order chi connectivity index (χ0) is 19.9. The number of benzene rings is 1. The molecular formula is C22H32FN3O2. The lowest BCUT2D eigenvalue weighted by atomic mass is 9.96. The average Bonchev–Trinajstić information content (AvgIpc) is 2.72. The highest BCUT2D eigenvalue weighted by Crippen LogP contribution is 2.19. The number of nitrogens with one attached hydrogen (secondary N) is 1. The van der Waals surface area contributed by atoms with Gasteiger partial charge in [0.25, 0.3) is 5.91 Å². The topological polar surface area (TPSA) is 52.7 Å². The van der Waals surface area contributed by atoms with Crippen LogP contribution in [0.25, 0.3) is 0 Å². The molecule has 0 radical (unpaired) electrons. The van der Waals surface area contributed by atoms with Gasteiger partial charge >= 0.3 is 0 Å². The zero-order valence-corrected chi connectivity index (χ0v) is 16.8. The Hall–Kier alpha value is -1.95. The molecule has 2 aliphatic rings. The molecule has 1 aromatic carbocycles. The second-order valence-corrected chi connectivity index (χ2v) is 8.12. The van der Waals surface area contributed by atoms with Crippen molar-refractivity contribution in [3.05, 3.63) is 35.6 Å². The van der Waals surface area contributed by atoms with Crippen LogP contribution in [0.4, 0.5) is 4.39 Å². The molecule has 28 heavy (non-hydrogen) atoms. The lowest BCUT2D eigenvalue weighted by molar-refractivity contribution is -0.126. The summed E-state index contributed by atoms with van der Waals surface area (Å²) < 4.78 is 13.1. The summed E-state index contributed by atoms with van der Waals surface area (Å²) >= 11 is 0. The summed E-state index contributed by atoms with van der Waals surface area (Å²) in [6, 6.07) is 6.25. The molecule has 154 valence electrons. The highest BCUT2D eigenvalue weighted by Gasteiger charge is 2.28. The molecule has 2 unspecified atom stereocenters. The molecule has 0 spiro atoms. The van der Waals surface area contributed by atoms with Gasteiger partial charge in [-0.3, -0.25) is 9.59 Å². The Labute approximate surface area is 167 Å². The fourth-order valence-corrected chi connectivity index (χ4v) is 4.28. The number of hydrogen-bond acceptors (Lipinski definition) is 3. The van der Waals surface area contributed by atoms with Crippen molar-refractivity contribution in [1.82, 2.24) is 15.1 Å². The maximum atomic E-state index is 13.1. The SMILES string of the molecule is CC1CCCCN1CCCNC(=O)C1CCCN(C(=O)c2ccc(F)cc2)C1. The van der Waals surface area contributed by atoms with Crippen molar-refractivity contribution >= 4 is 11.8 Å². The van der Waals surface area contributed by atoms with Crippen LogP contribution >= 0.6 is 0 Å². The monoisotopic (exact) mass is 389 g/mol. The number of nitrogens with zero attached hydrogens (tertiary/aromatic N) is 2. The van der Waals surface area contributed by atoms with Crippen molar-refractivity contribution in [2.45, 2.75) is 51.5 Å². The Kier molecular flexibility index (Phi) is 7.43. The minimum absolute atomic E-state index is 0.0447. The van der Waals surface area contributed by atoms with Crippen molar-refractivity contribution in [2.75, 3.05) is 32.7 Å². The van der Waals surface area contributed by atoms with Crippen molar-refractivity contribution in [1.29, 1.82) is 0 Å². The molecule has 2 aliphatic heterocycles. The van der Waals surface area contributed by atoms with E-state index in [1.54, 1.807) is 4.90 Å². The summed E-state index contributed by atoms with van der Waals surface area (Å²) in [5.74, 6) is -0.599. The molecule has 2 amide bonds. The van der Waals surface area contributed by atoms with Crippen LogP contribution in [0.2, 0.25) is 0 Å². The fourth-order valence-electron chi connectivity index (χ4n) is 4.28. The summed E-state index contributed by atoms with van der Waals surface area (Å²) in [6.07, 6.45) is 6.45. The van der Waals surface area contributed by atoms with Crippen molar-refractivity contribution < 1.29 is 14.0 Å². The van der Waals surface area contributed by atoms with Gasteiger partial charge in [0.1, 0.15) is 5.82 Å². The Morgan fingerprint density at radius 2 is 1.89 bits per heavy atom. The largest absolute Gasteiger partial charge is 0.356 e. The second kappa shape index (κ2) is 10.0. The van der Waals surface area contributed by atoms with E-state index in [1.807, 2.05) is 0 Å². The van der Waals surface area contributed by atoms with E-state index in [4.69, 9.17) is 0 Å². The molecule has 1 aromatic rings. The van der Waals surface area contributed by atoms with E-state index in [2.05, 4.69) is 17.1 Å². The molecule has 2 atom stereocenters. The molecule has 0 saturated carbocycles. The van der Waals surface area contributed by atoms with Crippen LogP contribution in [0.3, 0.4) is 0 Å². The number of likely N-dealkylation sites (tertiary alicyclic amines) is 2. The van der Waals surface area contributed by atoms with Gasteiger partial charge in [0, 0.05) is 37.8 Å². The van der Waals surface area contributed by atoms with E-state index in [-0.39, 0.29) is 23.5 Å². The maximum Gasteiger partial charge on any atom is 0.253 e. The normalized spacial score (nSPS) is 23.4. The second-order valence-electron chi connectivity index (χ2n) is 8.12. The minimum Gasteiger partial charge on any atom is -0.356 e. The van der Waals surface area contributed by atoms with Crippen LogP contribution < -0.4 is 5.32 Å². The zero-order valence-electron chi connectivity index (χ0n) is 16.8. The molecule has 0 aromatic heterocycles. The minimum atomic E-state index is -0.355. The number of carbonyl (C=O) groups is 2. The van der Waals surface area contributed by atoms with Crippen LogP contribution in [-0.2, 0) is 4.79 Å². The van der Waals surface area contributed by atoms with Gasteiger partial charge < -0.3 is 15.1 Å². The van der Waals surface area contributed by atoms with Gasteiger partial charge in [-0.2, -0.15) is 0 Å². The quantitative estimate of drug-likeness (QED) is 0.761. The third-order valence-corrected chi connectivity index (χ3v) is 6.03. The average molecular weight is 390 g/mol. The number of hydrogen-bond donors (Lipinski definition) is 1. The highest BCUT2D eigenvalue weighted by molar-refractivity contribution is 5.94. The molecule has 3 rings (SSSR count). The van der Waals surface area contributed by atoms with Crippen molar-refractivity contribution in [2.24, 2.45) is 5.92 Å². The third-order valence-electron chi connectivity index (χ3n) is 6.03. The van der Waals surface area contributed by atoms with E-state index in [9.17, 15) is 14.0 Å². The molecular weight excluding hydrogens is 357 g/mol. The number of piperidine rings is 2. The molecule has 2 fully saturated rings. The van der Waals surface area contributed by atoms with Crippen LogP contribution in [0.5, 0.6) is 0 Å². The van der Waals surface area contributed by atoms with Gasteiger partial charge in [-0.15, -0.1) is 0 Å². The third kappa shape index (κ3) is 5.53. The van der Waals surface area contributed by atoms with Gasteiger partial charge in [0.2, 0.25) is 5.91 Å². The summed E-state index contributed by atoms with van der Waals surface area (Å²) in [5, 5.41) is 3.06. The smallest absolute Gasteiger partial charge is 0.253 e. The molecule has 5 nitrogen and oxygen atoms in total. The van der Waals surface area contributed by atoms with E-state index in [1.165, 1.54) is 43.5 Å². The summed E-state index contributed by atoms with van der Waals surface area (Å²) in [7, 11) is 0. The van der Waals surface area contributed by atoms with Crippen molar-refractivity contribution in [3.63, 3.8) is 0 Å². The van der Waals surface area contributed by atoms with Gasteiger partial charge in [-0.1, -0.05) is 6.42 Å². The van der Waals surface area contributed by atoms with Crippen LogP contribution in [-0.4, -0.2) is 60.4 Å². The molecule has 6 heteroatoms.